The topological polar surface area (TPSA) is 106 Å². The van der Waals surface area contributed by atoms with Crippen LogP contribution in [0.5, 0.6) is 0 Å². The minimum atomic E-state index is -2.01. The Hall–Kier alpha value is -2.26. The fraction of sp³-hybridized carbons (Fsp3) is 0.593. The van der Waals surface area contributed by atoms with Gasteiger partial charge in [0.15, 0.2) is 29.1 Å². The predicted molar refractivity (Wildman–Crippen MR) is 121 cm³/mol. The standard InChI is InChI=1S/C27H30FNO6/c1-24-8-7-17(31)10-16(24)5-6-18-19-11-22-27(21(33)14-30,25(19,2)12-20(32)26(18,24)28)35-23(34-22)15-4-3-9-29-13-15/h3-4,7-10,13,18-20,22-23,30,32H,5-6,11-12,14H2,1-2H3/t18-,19-,20-,22+,23+,24-,25-,26-,27+/m0/s1. The highest BCUT2D eigenvalue weighted by molar-refractivity contribution is 6.01. The minimum Gasteiger partial charge on any atom is -0.390 e. The van der Waals surface area contributed by atoms with Gasteiger partial charge in [0.2, 0.25) is 0 Å². The van der Waals surface area contributed by atoms with Crippen molar-refractivity contribution in [2.75, 3.05) is 6.61 Å². The zero-order valence-corrected chi connectivity index (χ0v) is 19.8. The second-order valence-corrected chi connectivity index (χ2v) is 11.2. The number of hydrogen-bond donors (Lipinski definition) is 2. The van der Waals surface area contributed by atoms with Crippen LogP contribution in [0.3, 0.4) is 0 Å². The van der Waals surface area contributed by atoms with E-state index in [1.54, 1.807) is 37.5 Å². The number of pyridine rings is 1. The molecule has 2 N–H and O–H groups in total. The summed E-state index contributed by atoms with van der Waals surface area (Å²) >= 11 is 0. The van der Waals surface area contributed by atoms with Crippen molar-refractivity contribution in [2.45, 2.75) is 69.3 Å². The van der Waals surface area contributed by atoms with E-state index in [1.165, 1.54) is 12.2 Å². The first kappa shape index (κ1) is 23.2. The monoisotopic (exact) mass is 483 g/mol. The molecular formula is C27H30FNO6. The van der Waals surface area contributed by atoms with Gasteiger partial charge in [-0.25, -0.2) is 4.39 Å². The summed E-state index contributed by atoms with van der Waals surface area (Å²) < 4.78 is 30.0. The molecule has 4 aliphatic carbocycles. The van der Waals surface area contributed by atoms with E-state index >= 15 is 4.39 Å². The number of carbonyl (C=O) groups excluding carboxylic acids is 2. The fourth-order valence-corrected chi connectivity index (χ4v) is 8.24. The molecule has 0 aromatic carbocycles. The Kier molecular flexibility index (Phi) is 4.88. The van der Waals surface area contributed by atoms with Gasteiger partial charge in [-0.1, -0.05) is 24.6 Å². The van der Waals surface area contributed by atoms with E-state index in [9.17, 15) is 19.8 Å². The normalized spacial score (nSPS) is 48.0. The lowest BCUT2D eigenvalue weighted by Gasteiger charge is -2.62. The Balaban J connectivity index is 1.44. The van der Waals surface area contributed by atoms with Gasteiger partial charge in [-0.3, -0.25) is 14.6 Å². The number of carbonyl (C=O) groups is 2. The zero-order valence-electron chi connectivity index (χ0n) is 19.8. The SMILES string of the molecule is C[C@]12C=CC(=O)C=C1CC[C@H]1[C@@H]3C[C@H]4O[C@@H](c5cccnc5)O[C@@]4(C(=O)CO)[C@@]3(C)C[C@H](O)[C@@]12F. The summed E-state index contributed by atoms with van der Waals surface area (Å²) in [7, 11) is 0. The van der Waals surface area contributed by atoms with E-state index in [4.69, 9.17) is 9.47 Å². The number of aliphatic hydroxyl groups is 2. The Morgan fingerprint density at radius 1 is 1.31 bits per heavy atom. The summed E-state index contributed by atoms with van der Waals surface area (Å²) in [6.45, 7) is 2.89. The number of aromatic nitrogens is 1. The fourth-order valence-electron chi connectivity index (χ4n) is 8.24. The molecule has 0 amide bonds. The van der Waals surface area contributed by atoms with Crippen LogP contribution in [0, 0.1) is 22.7 Å². The van der Waals surface area contributed by atoms with Crippen LogP contribution in [0.25, 0.3) is 0 Å². The molecule has 0 unspecified atom stereocenters. The Morgan fingerprint density at radius 2 is 2.11 bits per heavy atom. The van der Waals surface area contributed by atoms with Crippen LogP contribution in [-0.4, -0.2) is 56.8 Å². The van der Waals surface area contributed by atoms with Crippen LogP contribution in [0.1, 0.15) is 51.4 Å². The summed E-state index contributed by atoms with van der Waals surface area (Å²) in [5.41, 5.74) is -4.24. The first-order valence-corrected chi connectivity index (χ1v) is 12.3. The maximum absolute atomic E-state index is 17.3. The average Bonchev–Trinajstić information content (AvgIpc) is 3.34. The first-order chi connectivity index (χ1) is 16.6. The number of alkyl halides is 1. The Morgan fingerprint density at radius 3 is 2.83 bits per heavy atom. The van der Waals surface area contributed by atoms with Gasteiger partial charge in [0.1, 0.15) is 6.61 Å². The Bertz CT molecular complexity index is 1150. The second kappa shape index (κ2) is 7.38. The molecule has 35 heavy (non-hydrogen) atoms. The molecule has 1 saturated heterocycles. The second-order valence-electron chi connectivity index (χ2n) is 11.2. The van der Waals surface area contributed by atoms with Crippen molar-refractivity contribution in [3.63, 3.8) is 0 Å². The van der Waals surface area contributed by atoms with Gasteiger partial charge >= 0.3 is 0 Å². The highest BCUT2D eigenvalue weighted by Gasteiger charge is 2.79. The van der Waals surface area contributed by atoms with E-state index in [0.29, 0.717) is 30.4 Å². The van der Waals surface area contributed by atoms with Crippen LogP contribution in [0.4, 0.5) is 4.39 Å². The summed E-state index contributed by atoms with van der Waals surface area (Å²) in [5, 5.41) is 21.5. The van der Waals surface area contributed by atoms with Crippen LogP contribution < -0.4 is 0 Å². The number of nitrogens with zero attached hydrogens (tertiary/aromatic N) is 1. The predicted octanol–water partition coefficient (Wildman–Crippen LogP) is 2.78. The maximum Gasteiger partial charge on any atom is 0.193 e. The van der Waals surface area contributed by atoms with Gasteiger partial charge in [-0.05, 0) is 56.7 Å². The smallest absolute Gasteiger partial charge is 0.193 e. The summed E-state index contributed by atoms with van der Waals surface area (Å²) in [6, 6.07) is 3.55. The van der Waals surface area contributed by atoms with Gasteiger partial charge in [-0.2, -0.15) is 0 Å². The molecule has 4 fully saturated rings. The van der Waals surface area contributed by atoms with Crippen LogP contribution in [0.2, 0.25) is 0 Å². The number of ether oxygens (including phenoxy) is 2. The molecular weight excluding hydrogens is 453 g/mol. The van der Waals surface area contributed by atoms with Gasteiger partial charge in [0.25, 0.3) is 0 Å². The maximum atomic E-state index is 17.3. The molecule has 5 aliphatic rings. The van der Waals surface area contributed by atoms with Gasteiger partial charge in [-0.15, -0.1) is 0 Å². The van der Waals surface area contributed by atoms with E-state index in [0.717, 1.165) is 0 Å². The molecule has 1 aromatic heterocycles. The van der Waals surface area contributed by atoms with Crippen molar-refractivity contribution in [1.29, 1.82) is 0 Å². The van der Waals surface area contributed by atoms with Crippen molar-refractivity contribution in [1.82, 2.24) is 4.98 Å². The van der Waals surface area contributed by atoms with Crippen LogP contribution in [0.15, 0.2) is 48.3 Å². The number of aliphatic hydroxyl groups excluding tert-OH is 2. The minimum absolute atomic E-state index is 0.0271. The highest BCUT2D eigenvalue weighted by atomic mass is 19.1. The van der Waals surface area contributed by atoms with Crippen molar-refractivity contribution >= 4 is 11.6 Å². The summed E-state index contributed by atoms with van der Waals surface area (Å²) in [4.78, 5) is 29.6. The number of hydrogen-bond acceptors (Lipinski definition) is 7. The molecule has 0 radical (unpaired) electrons. The van der Waals surface area contributed by atoms with E-state index < -0.39 is 58.9 Å². The quantitative estimate of drug-likeness (QED) is 0.681. The average molecular weight is 484 g/mol. The number of ketones is 2. The van der Waals surface area contributed by atoms with Gasteiger partial charge in [0, 0.05) is 34.7 Å². The van der Waals surface area contributed by atoms with E-state index in [2.05, 4.69) is 4.98 Å². The largest absolute Gasteiger partial charge is 0.390 e. The molecule has 2 heterocycles. The number of rotatable bonds is 3. The van der Waals surface area contributed by atoms with Gasteiger partial charge < -0.3 is 19.7 Å². The molecule has 0 spiro atoms. The van der Waals surface area contributed by atoms with Crippen molar-refractivity contribution in [3.8, 4) is 0 Å². The molecule has 7 nitrogen and oxygen atoms in total. The van der Waals surface area contributed by atoms with E-state index in [1.807, 2.05) is 6.92 Å². The third-order valence-electron chi connectivity index (χ3n) is 9.90. The lowest BCUT2D eigenvalue weighted by Crippen LogP contribution is -2.69. The van der Waals surface area contributed by atoms with Gasteiger partial charge in [0.05, 0.1) is 12.2 Å². The zero-order chi connectivity index (χ0) is 24.8. The third-order valence-corrected chi connectivity index (χ3v) is 9.90. The molecule has 1 aromatic rings. The van der Waals surface area contributed by atoms with Crippen LogP contribution >= 0.6 is 0 Å². The molecule has 1 aliphatic heterocycles. The first-order valence-electron chi connectivity index (χ1n) is 12.3. The van der Waals surface area contributed by atoms with Crippen LogP contribution in [-0.2, 0) is 19.1 Å². The molecule has 186 valence electrons. The molecule has 9 atom stereocenters. The lowest BCUT2D eigenvalue weighted by atomic mass is 9.44. The number of fused-ring (bicyclic) bond motifs is 7. The lowest BCUT2D eigenvalue weighted by molar-refractivity contribution is -0.231. The van der Waals surface area contributed by atoms with Crippen molar-refractivity contribution in [3.05, 3.63) is 53.9 Å². The van der Waals surface area contributed by atoms with Crippen molar-refractivity contribution in [2.24, 2.45) is 22.7 Å². The summed E-state index contributed by atoms with van der Waals surface area (Å²) in [6.07, 6.45) is 6.13. The number of Topliss-reactive ketones (excluding diaryl/α,β-unsaturated/α-hetero) is 1. The third kappa shape index (κ3) is 2.66. The molecule has 6 rings (SSSR count). The highest BCUT2D eigenvalue weighted by Crippen LogP contribution is 2.72. The molecule has 0 bridgehead atoms. The van der Waals surface area contributed by atoms with E-state index in [-0.39, 0.29) is 18.1 Å². The summed E-state index contributed by atoms with van der Waals surface area (Å²) in [5.74, 6) is -1.58. The molecule has 3 saturated carbocycles. The number of allylic oxidation sites excluding steroid dienone is 4. The number of halogens is 1. The molecule has 8 heteroatoms. The van der Waals surface area contributed by atoms with Crippen molar-refractivity contribution < 1.29 is 33.7 Å². The Labute approximate surface area is 203 Å².